The minimum absolute atomic E-state index is 0.112. The monoisotopic (exact) mass is 581 g/mol. The average molecular weight is 582 g/mol. The summed E-state index contributed by atoms with van der Waals surface area (Å²) in [5.74, 6) is -1.76. The molecule has 0 aromatic heterocycles. The number of aryl methyl sites for hydroxylation is 2. The molecule has 3 N–H and O–H groups in total. The number of amides is 3. The van der Waals surface area contributed by atoms with Crippen molar-refractivity contribution in [3.05, 3.63) is 131 Å². The fraction of sp³-hybridized carbons (Fsp3) is 0.147. The molecule has 4 rings (SSSR count). The number of carbonyl (C=O) groups excluding carboxylic acids is 3. The lowest BCUT2D eigenvalue weighted by atomic mass is 10.1. The lowest BCUT2D eigenvalue weighted by Gasteiger charge is -2.16. The number of hydrogen-bond acceptors (Lipinski definition) is 4. The van der Waals surface area contributed by atoms with Crippen LogP contribution in [0.5, 0.6) is 0 Å². The average Bonchev–Trinajstić information content (AvgIpc) is 2.99. The van der Waals surface area contributed by atoms with Crippen LogP contribution in [0.15, 0.2) is 108 Å². The van der Waals surface area contributed by atoms with Crippen molar-refractivity contribution in [3.63, 3.8) is 0 Å². The van der Waals surface area contributed by atoms with Crippen molar-refractivity contribution in [2.24, 2.45) is 0 Å². The van der Waals surface area contributed by atoms with Gasteiger partial charge in [0.15, 0.2) is 0 Å². The van der Waals surface area contributed by atoms with Crippen molar-refractivity contribution in [2.45, 2.75) is 37.3 Å². The van der Waals surface area contributed by atoms with Gasteiger partial charge in [-0.3, -0.25) is 14.4 Å². The second kappa shape index (κ2) is 14.3. The molecule has 0 heterocycles. The quantitative estimate of drug-likeness (QED) is 0.135. The van der Waals surface area contributed by atoms with Crippen molar-refractivity contribution in [2.75, 3.05) is 10.6 Å². The molecule has 3 amide bonds. The fourth-order valence-corrected chi connectivity index (χ4v) is 5.08. The number of hydrogen-bond donors (Lipinski definition) is 3. The van der Waals surface area contributed by atoms with Crippen molar-refractivity contribution in [3.8, 4) is 0 Å². The molecule has 0 aliphatic rings. The molecule has 214 valence electrons. The molecule has 0 spiro atoms. The maximum absolute atomic E-state index is 14.4. The normalized spacial score (nSPS) is 11.9. The Balaban J connectivity index is 1.50. The summed E-state index contributed by atoms with van der Waals surface area (Å²) >= 11 is 1.39. The molecule has 0 aliphatic heterocycles. The summed E-state index contributed by atoms with van der Waals surface area (Å²) < 4.78 is 14.4. The Labute approximate surface area is 249 Å². The lowest BCUT2D eigenvalue weighted by Crippen LogP contribution is -2.30. The minimum atomic E-state index is -0.621. The Morgan fingerprint density at radius 1 is 0.810 bits per heavy atom. The highest BCUT2D eigenvalue weighted by Crippen LogP contribution is 2.29. The highest BCUT2D eigenvalue weighted by Gasteiger charge is 2.20. The molecule has 0 fully saturated rings. The van der Waals surface area contributed by atoms with Crippen LogP contribution in [-0.4, -0.2) is 23.0 Å². The Morgan fingerprint density at radius 3 is 2.24 bits per heavy atom. The van der Waals surface area contributed by atoms with E-state index in [0.717, 1.165) is 21.7 Å². The van der Waals surface area contributed by atoms with E-state index in [1.165, 1.54) is 30.0 Å². The first kappa shape index (κ1) is 30.3. The lowest BCUT2D eigenvalue weighted by molar-refractivity contribution is -0.116. The van der Waals surface area contributed by atoms with Crippen LogP contribution < -0.4 is 16.0 Å². The zero-order valence-corrected chi connectivity index (χ0v) is 24.4. The molecule has 4 aromatic rings. The number of anilines is 2. The summed E-state index contributed by atoms with van der Waals surface area (Å²) in [6.45, 7) is 5.96. The van der Waals surface area contributed by atoms with Gasteiger partial charge in [0.2, 0.25) is 5.91 Å². The number of nitrogens with one attached hydrogen (secondary N) is 3. The third-order valence-electron chi connectivity index (χ3n) is 6.54. The van der Waals surface area contributed by atoms with Crippen LogP contribution in [0.25, 0.3) is 6.08 Å². The number of halogens is 1. The van der Waals surface area contributed by atoms with Gasteiger partial charge in [-0.1, -0.05) is 55.5 Å². The molecule has 1 unspecified atom stereocenters. The maximum atomic E-state index is 14.4. The number of carbonyl (C=O) groups is 3. The van der Waals surface area contributed by atoms with Crippen LogP contribution in [0.1, 0.15) is 40.4 Å². The van der Waals surface area contributed by atoms with E-state index in [9.17, 15) is 18.8 Å². The second-order valence-electron chi connectivity index (χ2n) is 9.68. The van der Waals surface area contributed by atoms with E-state index in [-0.39, 0.29) is 22.4 Å². The van der Waals surface area contributed by atoms with E-state index < -0.39 is 17.6 Å². The van der Waals surface area contributed by atoms with Gasteiger partial charge in [-0.05, 0) is 86.0 Å². The SMILES string of the molecule is CCC(Sc1cccc(NC(=O)/C(=C/c2ccccc2F)NC(=O)c2ccccc2)c1)C(=O)Nc1ccc(C)c(C)c1. The van der Waals surface area contributed by atoms with Gasteiger partial charge < -0.3 is 16.0 Å². The number of benzene rings is 4. The highest BCUT2D eigenvalue weighted by molar-refractivity contribution is 8.00. The first-order valence-electron chi connectivity index (χ1n) is 13.5. The van der Waals surface area contributed by atoms with Crippen LogP contribution in [-0.2, 0) is 9.59 Å². The van der Waals surface area contributed by atoms with Crippen LogP contribution in [0, 0.1) is 19.7 Å². The van der Waals surface area contributed by atoms with Crippen molar-refractivity contribution < 1.29 is 18.8 Å². The predicted octanol–water partition coefficient (Wildman–Crippen LogP) is 7.36. The summed E-state index contributed by atoms with van der Waals surface area (Å²) in [7, 11) is 0. The molecule has 0 radical (unpaired) electrons. The van der Waals surface area contributed by atoms with Crippen LogP contribution in [0.3, 0.4) is 0 Å². The molecular formula is C34H32FN3O3S. The molecule has 42 heavy (non-hydrogen) atoms. The van der Waals surface area contributed by atoms with Gasteiger partial charge in [-0.25, -0.2) is 4.39 Å². The zero-order chi connectivity index (χ0) is 30.1. The molecule has 4 aromatic carbocycles. The van der Waals surface area contributed by atoms with Crippen molar-refractivity contribution >= 4 is 46.9 Å². The molecule has 0 bridgehead atoms. The van der Waals surface area contributed by atoms with Gasteiger partial charge >= 0.3 is 0 Å². The molecule has 0 aliphatic carbocycles. The molecule has 8 heteroatoms. The fourth-order valence-electron chi connectivity index (χ4n) is 4.06. The minimum Gasteiger partial charge on any atom is -0.325 e. The Kier molecular flexibility index (Phi) is 10.3. The topological polar surface area (TPSA) is 87.3 Å². The summed E-state index contributed by atoms with van der Waals surface area (Å²) in [5, 5.41) is 8.04. The van der Waals surface area contributed by atoms with E-state index in [1.54, 1.807) is 60.7 Å². The summed E-state index contributed by atoms with van der Waals surface area (Å²) in [5.41, 5.74) is 3.85. The van der Waals surface area contributed by atoms with Gasteiger partial charge in [-0.2, -0.15) is 0 Å². The van der Waals surface area contributed by atoms with E-state index in [2.05, 4.69) is 16.0 Å². The number of thioether (sulfide) groups is 1. The predicted molar refractivity (Wildman–Crippen MR) is 168 cm³/mol. The highest BCUT2D eigenvalue weighted by atomic mass is 32.2. The Morgan fingerprint density at radius 2 is 1.52 bits per heavy atom. The van der Waals surface area contributed by atoms with Gasteiger partial charge in [0.05, 0.1) is 5.25 Å². The van der Waals surface area contributed by atoms with Crippen molar-refractivity contribution in [1.29, 1.82) is 0 Å². The number of rotatable bonds is 10. The summed E-state index contributed by atoms with van der Waals surface area (Å²) in [6.07, 6.45) is 1.90. The van der Waals surface area contributed by atoms with Gasteiger partial charge in [0.25, 0.3) is 11.8 Å². The van der Waals surface area contributed by atoms with Gasteiger partial charge in [0.1, 0.15) is 11.5 Å². The van der Waals surface area contributed by atoms with E-state index >= 15 is 0 Å². The molecule has 0 saturated carbocycles. The molecule has 6 nitrogen and oxygen atoms in total. The third-order valence-corrected chi connectivity index (χ3v) is 7.90. The summed E-state index contributed by atoms with van der Waals surface area (Å²) in [6, 6.07) is 27.3. The summed E-state index contributed by atoms with van der Waals surface area (Å²) in [4.78, 5) is 40.0. The van der Waals surface area contributed by atoms with Crippen molar-refractivity contribution in [1.82, 2.24) is 5.32 Å². The van der Waals surface area contributed by atoms with E-state index in [4.69, 9.17) is 0 Å². The van der Waals surface area contributed by atoms with Gasteiger partial charge in [0, 0.05) is 27.4 Å². The molecule has 1 atom stereocenters. The van der Waals surface area contributed by atoms with Crippen LogP contribution in [0.4, 0.5) is 15.8 Å². The molecular weight excluding hydrogens is 549 g/mol. The Bertz CT molecular complexity index is 1620. The van der Waals surface area contributed by atoms with E-state index in [0.29, 0.717) is 17.7 Å². The van der Waals surface area contributed by atoms with Crippen LogP contribution in [0.2, 0.25) is 0 Å². The first-order valence-corrected chi connectivity index (χ1v) is 14.4. The van der Waals surface area contributed by atoms with E-state index in [1.807, 2.05) is 45.0 Å². The maximum Gasteiger partial charge on any atom is 0.272 e. The Hall–Kier alpha value is -4.69. The smallest absolute Gasteiger partial charge is 0.272 e. The largest absolute Gasteiger partial charge is 0.325 e. The second-order valence-corrected chi connectivity index (χ2v) is 11.0. The zero-order valence-electron chi connectivity index (χ0n) is 23.6. The standard InChI is InChI=1S/C34H32FN3O3S/c1-4-31(34(41)37-27-18-17-22(2)23(3)19-27)42-28-15-10-14-26(21-28)36-33(40)30(20-25-13-8-9-16-29(25)35)38-32(39)24-11-6-5-7-12-24/h5-21,31H,4H2,1-3H3,(H,36,40)(H,37,41)(H,38,39)/b30-20-. The van der Waals surface area contributed by atoms with Gasteiger partial charge in [-0.15, -0.1) is 11.8 Å². The third kappa shape index (κ3) is 8.17. The first-order chi connectivity index (χ1) is 20.2. The van der Waals surface area contributed by atoms with Crippen LogP contribution >= 0.6 is 11.8 Å². The molecule has 0 saturated heterocycles.